The number of hydrogen-bond acceptors (Lipinski definition) is 7. The number of carbonyl (C=O) groups excluding carboxylic acids is 4. The number of amides is 4. The van der Waals surface area contributed by atoms with E-state index in [1.54, 1.807) is 35.2 Å². The Bertz CT molecular complexity index is 1200. The quantitative estimate of drug-likeness (QED) is 0.509. The highest BCUT2D eigenvalue weighted by Crippen LogP contribution is 2.29. The first-order chi connectivity index (χ1) is 18.7. The van der Waals surface area contributed by atoms with E-state index >= 15 is 0 Å². The van der Waals surface area contributed by atoms with Gasteiger partial charge in [0.25, 0.3) is 0 Å². The van der Waals surface area contributed by atoms with Gasteiger partial charge in [-0.3, -0.25) is 14.5 Å². The first-order valence-corrected chi connectivity index (χ1v) is 12.7. The fourth-order valence-corrected chi connectivity index (χ4v) is 4.50. The SMILES string of the molecule is CC(=O)NC[C@H]1CN(c2ccc(OC3CCN(C(=O)CN(Cc4ccccc4)C(=O)[O-])CC3)c(F)c2)C(=O)O1. The van der Waals surface area contributed by atoms with Crippen LogP contribution in [0.2, 0.25) is 0 Å². The molecule has 0 aromatic heterocycles. The summed E-state index contributed by atoms with van der Waals surface area (Å²) in [7, 11) is 0. The van der Waals surface area contributed by atoms with Crippen LogP contribution < -0.4 is 20.1 Å². The molecule has 2 aromatic rings. The number of anilines is 1. The van der Waals surface area contributed by atoms with Crippen LogP contribution in [0.5, 0.6) is 5.75 Å². The van der Waals surface area contributed by atoms with E-state index in [0.29, 0.717) is 31.6 Å². The van der Waals surface area contributed by atoms with Crippen LogP contribution >= 0.6 is 0 Å². The molecule has 12 heteroatoms. The highest BCUT2D eigenvalue weighted by atomic mass is 19.1. The minimum absolute atomic E-state index is 0.0249. The topological polar surface area (TPSA) is 132 Å². The predicted molar refractivity (Wildman–Crippen MR) is 135 cm³/mol. The molecule has 0 aliphatic carbocycles. The van der Waals surface area contributed by atoms with Gasteiger partial charge >= 0.3 is 6.09 Å². The van der Waals surface area contributed by atoms with Gasteiger partial charge in [0, 0.05) is 45.5 Å². The molecule has 39 heavy (non-hydrogen) atoms. The normalized spacial score (nSPS) is 17.5. The van der Waals surface area contributed by atoms with Gasteiger partial charge in [0.1, 0.15) is 18.3 Å². The molecular weight excluding hydrogens is 511 g/mol. The summed E-state index contributed by atoms with van der Waals surface area (Å²) in [5, 5.41) is 14.1. The van der Waals surface area contributed by atoms with Crippen molar-refractivity contribution >= 4 is 29.7 Å². The van der Waals surface area contributed by atoms with Crippen molar-refractivity contribution in [3.63, 3.8) is 0 Å². The summed E-state index contributed by atoms with van der Waals surface area (Å²) < 4.78 is 25.9. The Morgan fingerprint density at radius 3 is 2.51 bits per heavy atom. The lowest BCUT2D eigenvalue weighted by Gasteiger charge is -2.34. The lowest BCUT2D eigenvalue weighted by molar-refractivity contribution is -0.266. The molecule has 2 heterocycles. The predicted octanol–water partition coefficient (Wildman–Crippen LogP) is 1.50. The maximum Gasteiger partial charge on any atom is 0.414 e. The molecule has 0 bridgehead atoms. The maximum atomic E-state index is 14.8. The second-order valence-electron chi connectivity index (χ2n) is 9.47. The van der Waals surface area contributed by atoms with Gasteiger partial charge in [-0.05, 0) is 17.7 Å². The number of cyclic esters (lactones) is 1. The number of nitrogens with one attached hydrogen (secondary N) is 1. The first-order valence-electron chi connectivity index (χ1n) is 12.7. The van der Waals surface area contributed by atoms with Crippen LogP contribution in [0.15, 0.2) is 48.5 Å². The van der Waals surface area contributed by atoms with E-state index in [9.17, 15) is 28.7 Å². The molecule has 1 atom stereocenters. The first kappa shape index (κ1) is 27.7. The van der Waals surface area contributed by atoms with Gasteiger partial charge in [0.05, 0.1) is 25.3 Å². The third kappa shape index (κ3) is 7.37. The molecule has 208 valence electrons. The summed E-state index contributed by atoms with van der Waals surface area (Å²) in [6.45, 7) is 2.11. The zero-order valence-corrected chi connectivity index (χ0v) is 21.5. The summed E-state index contributed by atoms with van der Waals surface area (Å²) in [5.74, 6) is -1.19. The monoisotopic (exact) mass is 541 g/mol. The van der Waals surface area contributed by atoms with E-state index < -0.39 is 24.1 Å². The van der Waals surface area contributed by atoms with Gasteiger partial charge in [-0.15, -0.1) is 0 Å². The van der Waals surface area contributed by atoms with Crippen molar-refractivity contribution in [2.45, 2.75) is 38.5 Å². The Balaban J connectivity index is 1.27. The fourth-order valence-electron chi connectivity index (χ4n) is 4.50. The van der Waals surface area contributed by atoms with Crippen LogP contribution in [0, 0.1) is 5.82 Å². The lowest BCUT2D eigenvalue weighted by atomic mass is 10.1. The molecule has 4 amide bonds. The second kappa shape index (κ2) is 12.5. The molecule has 11 nitrogen and oxygen atoms in total. The minimum atomic E-state index is -1.42. The van der Waals surface area contributed by atoms with E-state index in [4.69, 9.17) is 9.47 Å². The van der Waals surface area contributed by atoms with Crippen molar-refractivity contribution < 1.29 is 38.1 Å². The number of ether oxygens (including phenoxy) is 2. The Morgan fingerprint density at radius 2 is 1.87 bits per heavy atom. The molecule has 2 fully saturated rings. The Kier molecular flexibility index (Phi) is 8.84. The number of likely N-dealkylation sites (tertiary alicyclic amines) is 1. The molecule has 0 spiro atoms. The van der Waals surface area contributed by atoms with E-state index in [1.165, 1.54) is 24.0 Å². The molecule has 2 aromatic carbocycles. The summed E-state index contributed by atoms with van der Waals surface area (Å²) in [5.41, 5.74) is 1.06. The van der Waals surface area contributed by atoms with Crippen molar-refractivity contribution in [2.24, 2.45) is 0 Å². The maximum absolute atomic E-state index is 14.8. The van der Waals surface area contributed by atoms with Crippen molar-refractivity contribution in [2.75, 3.05) is 37.6 Å². The summed E-state index contributed by atoms with van der Waals surface area (Å²) in [6, 6.07) is 13.1. The molecule has 0 unspecified atom stereocenters. The van der Waals surface area contributed by atoms with E-state index in [-0.39, 0.29) is 49.8 Å². The number of carboxylic acid groups (broad SMARTS) is 1. The molecule has 0 saturated carbocycles. The van der Waals surface area contributed by atoms with E-state index in [1.807, 2.05) is 6.07 Å². The van der Waals surface area contributed by atoms with Crippen molar-refractivity contribution in [3.05, 3.63) is 59.9 Å². The van der Waals surface area contributed by atoms with Crippen LogP contribution in [-0.4, -0.2) is 78.7 Å². The van der Waals surface area contributed by atoms with Crippen LogP contribution in [-0.2, 0) is 20.9 Å². The van der Waals surface area contributed by atoms with Crippen molar-refractivity contribution in [1.82, 2.24) is 15.1 Å². The number of rotatable bonds is 9. The molecule has 2 aliphatic rings. The number of benzene rings is 2. The van der Waals surface area contributed by atoms with Gasteiger partial charge in [-0.2, -0.15) is 0 Å². The van der Waals surface area contributed by atoms with Crippen molar-refractivity contribution in [3.8, 4) is 5.75 Å². The van der Waals surface area contributed by atoms with Crippen LogP contribution in [0.4, 0.5) is 19.7 Å². The highest BCUT2D eigenvalue weighted by molar-refractivity contribution is 5.90. The highest BCUT2D eigenvalue weighted by Gasteiger charge is 2.33. The molecule has 4 rings (SSSR count). The van der Waals surface area contributed by atoms with Gasteiger partial charge in [-0.1, -0.05) is 30.3 Å². The third-order valence-electron chi connectivity index (χ3n) is 6.57. The van der Waals surface area contributed by atoms with Crippen LogP contribution in [0.1, 0.15) is 25.3 Å². The number of nitrogens with zero attached hydrogens (tertiary/aromatic N) is 3. The van der Waals surface area contributed by atoms with E-state index in [0.717, 1.165) is 10.5 Å². The van der Waals surface area contributed by atoms with Gasteiger partial charge in [0.2, 0.25) is 11.8 Å². The lowest BCUT2D eigenvalue weighted by Crippen LogP contribution is -2.49. The fraction of sp³-hybridized carbons (Fsp3) is 0.407. The Labute approximate surface area is 225 Å². The smallest absolute Gasteiger partial charge is 0.414 e. The average Bonchev–Trinajstić information content (AvgIpc) is 3.29. The Hall–Kier alpha value is -4.35. The largest absolute Gasteiger partial charge is 0.530 e. The number of hydrogen-bond donors (Lipinski definition) is 1. The summed E-state index contributed by atoms with van der Waals surface area (Å²) >= 11 is 0. The molecule has 1 N–H and O–H groups in total. The van der Waals surface area contributed by atoms with Gasteiger partial charge < -0.3 is 34.5 Å². The van der Waals surface area contributed by atoms with Crippen LogP contribution in [0.3, 0.4) is 0 Å². The summed E-state index contributed by atoms with van der Waals surface area (Å²) in [6.07, 6.45) is -2.04. The van der Waals surface area contributed by atoms with E-state index in [2.05, 4.69) is 5.32 Å². The number of piperidine rings is 1. The molecule has 0 radical (unpaired) electrons. The van der Waals surface area contributed by atoms with Crippen LogP contribution in [0.25, 0.3) is 0 Å². The van der Waals surface area contributed by atoms with Gasteiger partial charge in [-0.25, -0.2) is 9.18 Å². The average molecular weight is 542 g/mol. The zero-order valence-electron chi connectivity index (χ0n) is 21.5. The number of carbonyl (C=O) groups is 4. The van der Waals surface area contributed by atoms with Crippen molar-refractivity contribution in [1.29, 1.82) is 0 Å². The standard InChI is InChI=1S/C27H31FN4O7/c1-18(33)29-14-22-16-32(27(37)39-22)20-7-8-24(23(28)13-20)38-21-9-11-30(12-10-21)25(34)17-31(26(35)36)15-19-5-3-2-4-6-19/h2-8,13,21-22H,9-12,14-17H2,1H3,(H,29,33)(H,35,36)/p-1/t22-/m0/s1. The third-order valence-corrected chi connectivity index (χ3v) is 6.57. The van der Waals surface area contributed by atoms with Gasteiger partial charge in [0.15, 0.2) is 11.6 Å². The molecule has 2 aliphatic heterocycles. The minimum Gasteiger partial charge on any atom is -0.530 e. The molecular formula is C27H30FN4O7-. The zero-order chi connectivity index (χ0) is 27.9. The number of halogens is 1. The molecule has 2 saturated heterocycles. The summed E-state index contributed by atoms with van der Waals surface area (Å²) in [4.78, 5) is 51.4. The Morgan fingerprint density at radius 1 is 1.15 bits per heavy atom. The second-order valence-corrected chi connectivity index (χ2v) is 9.47.